The summed E-state index contributed by atoms with van der Waals surface area (Å²) in [5, 5.41) is 15.4. The van der Waals surface area contributed by atoms with Crippen LogP contribution in [-0.2, 0) is 11.3 Å². The van der Waals surface area contributed by atoms with E-state index in [1.165, 1.54) is 16.9 Å². The number of rotatable bonds is 6. The van der Waals surface area contributed by atoms with Gasteiger partial charge < -0.3 is 15.2 Å². The third kappa shape index (κ3) is 3.85. The summed E-state index contributed by atoms with van der Waals surface area (Å²) in [6.07, 6.45) is 1.46. The van der Waals surface area contributed by atoms with Gasteiger partial charge in [0.25, 0.3) is 0 Å². The Morgan fingerprint density at radius 1 is 1.32 bits per heavy atom. The van der Waals surface area contributed by atoms with Gasteiger partial charge in [-0.2, -0.15) is 5.10 Å². The average Bonchev–Trinajstić information content (AvgIpc) is 2.95. The number of amides is 1. The minimum Gasteiger partial charge on any atom is -0.497 e. The van der Waals surface area contributed by atoms with Gasteiger partial charge in [-0.25, -0.2) is 4.79 Å². The molecule has 7 nitrogen and oxygen atoms in total. The molecule has 0 aliphatic rings. The van der Waals surface area contributed by atoms with E-state index < -0.39 is 5.97 Å². The van der Waals surface area contributed by atoms with Crippen LogP contribution in [-0.4, -0.2) is 33.9 Å². The second-order valence-electron chi connectivity index (χ2n) is 4.77. The Balaban J connectivity index is 1.93. The molecule has 2 aromatic rings. The molecule has 1 heterocycles. The lowest BCUT2D eigenvalue weighted by molar-refractivity contribution is -0.122. The molecule has 7 heteroatoms. The van der Waals surface area contributed by atoms with Crippen molar-refractivity contribution in [1.29, 1.82) is 0 Å². The van der Waals surface area contributed by atoms with Crippen LogP contribution in [0, 0.1) is 0 Å². The van der Waals surface area contributed by atoms with Gasteiger partial charge in [-0.05, 0) is 30.7 Å². The van der Waals surface area contributed by atoms with E-state index in [0.717, 1.165) is 11.3 Å². The predicted molar refractivity (Wildman–Crippen MR) is 78.7 cm³/mol. The molecule has 0 unspecified atom stereocenters. The molecule has 0 spiro atoms. The third-order valence-electron chi connectivity index (χ3n) is 3.16. The Morgan fingerprint density at radius 3 is 2.55 bits per heavy atom. The molecule has 0 fully saturated rings. The molecule has 1 aromatic carbocycles. The van der Waals surface area contributed by atoms with E-state index in [9.17, 15) is 9.59 Å². The van der Waals surface area contributed by atoms with Crippen molar-refractivity contribution in [3.05, 3.63) is 47.8 Å². The zero-order chi connectivity index (χ0) is 16.1. The summed E-state index contributed by atoms with van der Waals surface area (Å²) in [5.74, 6) is -0.617. The molecule has 1 amide bonds. The fourth-order valence-electron chi connectivity index (χ4n) is 1.97. The molecule has 116 valence electrons. The molecular formula is C15H17N3O4. The number of nitrogens with zero attached hydrogens (tertiary/aromatic N) is 2. The van der Waals surface area contributed by atoms with Crippen molar-refractivity contribution >= 4 is 11.9 Å². The molecule has 0 bridgehead atoms. The highest BCUT2D eigenvalue weighted by atomic mass is 16.5. The van der Waals surface area contributed by atoms with Crippen LogP contribution in [0.1, 0.15) is 29.0 Å². The Kier molecular flexibility index (Phi) is 4.77. The summed E-state index contributed by atoms with van der Waals surface area (Å²) in [6.45, 7) is 1.83. The number of hydrogen-bond donors (Lipinski definition) is 2. The Labute approximate surface area is 127 Å². The number of aromatic carboxylic acids is 1. The molecule has 0 aliphatic carbocycles. The SMILES string of the molecule is COc1ccc([C@@H](C)NC(=O)Cn2ccc(C(=O)O)n2)cc1. The van der Waals surface area contributed by atoms with Crippen LogP contribution in [0.15, 0.2) is 36.5 Å². The Hall–Kier alpha value is -2.83. The maximum Gasteiger partial charge on any atom is 0.356 e. The van der Waals surface area contributed by atoms with E-state index in [0.29, 0.717) is 0 Å². The number of carbonyl (C=O) groups excluding carboxylic acids is 1. The van der Waals surface area contributed by atoms with Crippen molar-refractivity contribution in [2.24, 2.45) is 0 Å². The first kappa shape index (κ1) is 15.6. The van der Waals surface area contributed by atoms with Crippen LogP contribution in [0.25, 0.3) is 0 Å². The number of carboxylic acids is 1. The van der Waals surface area contributed by atoms with Gasteiger partial charge in [0.15, 0.2) is 5.69 Å². The van der Waals surface area contributed by atoms with Crippen molar-refractivity contribution in [2.75, 3.05) is 7.11 Å². The fourth-order valence-corrected chi connectivity index (χ4v) is 1.97. The molecule has 22 heavy (non-hydrogen) atoms. The van der Waals surface area contributed by atoms with Crippen molar-refractivity contribution < 1.29 is 19.4 Å². The smallest absolute Gasteiger partial charge is 0.356 e. The number of carbonyl (C=O) groups is 2. The van der Waals surface area contributed by atoms with Crippen molar-refractivity contribution in [3.63, 3.8) is 0 Å². The molecule has 2 rings (SSSR count). The first-order chi connectivity index (χ1) is 10.5. The highest BCUT2D eigenvalue weighted by Gasteiger charge is 2.12. The quantitative estimate of drug-likeness (QED) is 0.843. The molecule has 0 aliphatic heterocycles. The number of methoxy groups -OCH3 is 1. The first-order valence-electron chi connectivity index (χ1n) is 6.69. The van der Waals surface area contributed by atoms with Crippen LogP contribution >= 0.6 is 0 Å². The van der Waals surface area contributed by atoms with Gasteiger partial charge in [-0.1, -0.05) is 12.1 Å². The van der Waals surface area contributed by atoms with Gasteiger partial charge in [0, 0.05) is 6.20 Å². The molecule has 0 saturated carbocycles. The number of hydrogen-bond acceptors (Lipinski definition) is 4. The normalized spacial score (nSPS) is 11.7. The highest BCUT2D eigenvalue weighted by Crippen LogP contribution is 2.17. The molecule has 1 aromatic heterocycles. The van der Waals surface area contributed by atoms with Crippen molar-refractivity contribution in [3.8, 4) is 5.75 Å². The minimum absolute atomic E-state index is 0.0340. The summed E-state index contributed by atoms with van der Waals surface area (Å²) in [6, 6.07) is 8.58. The zero-order valence-electron chi connectivity index (χ0n) is 12.3. The van der Waals surface area contributed by atoms with Gasteiger partial charge in [0.05, 0.1) is 13.2 Å². The number of benzene rings is 1. The minimum atomic E-state index is -1.12. The molecule has 0 saturated heterocycles. The maximum atomic E-state index is 12.0. The molecular weight excluding hydrogens is 286 g/mol. The molecule has 1 atom stereocenters. The Bertz CT molecular complexity index is 664. The summed E-state index contributed by atoms with van der Waals surface area (Å²) < 4.78 is 6.37. The fraction of sp³-hybridized carbons (Fsp3) is 0.267. The summed E-state index contributed by atoms with van der Waals surface area (Å²) in [7, 11) is 1.59. The second-order valence-corrected chi connectivity index (χ2v) is 4.77. The predicted octanol–water partition coefficient (Wildman–Crippen LogP) is 1.47. The maximum absolute atomic E-state index is 12.0. The van der Waals surface area contributed by atoms with Crippen molar-refractivity contribution in [2.45, 2.75) is 19.5 Å². The largest absolute Gasteiger partial charge is 0.497 e. The van der Waals surface area contributed by atoms with E-state index >= 15 is 0 Å². The Morgan fingerprint density at radius 2 is 2.00 bits per heavy atom. The number of ether oxygens (including phenoxy) is 1. The van der Waals surface area contributed by atoms with Crippen molar-refractivity contribution in [1.82, 2.24) is 15.1 Å². The lowest BCUT2D eigenvalue weighted by Crippen LogP contribution is -2.30. The molecule has 0 radical (unpaired) electrons. The summed E-state index contributed by atoms with van der Waals surface area (Å²) in [4.78, 5) is 22.7. The lowest BCUT2D eigenvalue weighted by Gasteiger charge is -2.14. The average molecular weight is 303 g/mol. The van der Waals surface area contributed by atoms with E-state index in [2.05, 4.69) is 10.4 Å². The van der Waals surface area contributed by atoms with E-state index in [1.54, 1.807) is 7.11 Å². The van der Waals surface area contributed by atoms with Crippen LogP contribution in [0.2, 0.25) is 0 Å². The van der Waals surface area contributed by atoms with Gasteiger partial charge in [0.1, 0.15) is 12.3 Å². The summed E-state index contributed by atoms with van der Waals surface area (Å²) >= 11 is 0. The number of carboxylic acid groups (broad SMARTS) is 1. The number of aromatic nitrogens is 2. The molecule has 2 N–H and O–H groups in total. The van der Waals surface area contributed by atoms with E-state index in [1.807, 2.05) is 31.2 Å². The van der Waals surface area contributed by atoms with E-state index in [4.69, 9.17) is 9.84 Å². The highest BCUT2D eigenvalue weighted by molar-refractivity contribution is 5.85. The third-order valence-corrected chi connectivity index (χ3v) is 3.16. The van der Waals surface area contributed by atoms with Gasteiger partial charge in [-0.3, -0.25) is 9.48 Å². The monoisotopic (exact) mass is 303 g/mol. The van der Waals surface area contributed by atoms with Gasteiger partial charge in [-0.15, -0.1) is 0 Å². The number of nitrogens with one attached hydrogen (secondary N) is 1. The van der Waals surface area contributed by atoms with Crippen LogP contribution in [0.3, 0.4) is 0 Å². The second kappa shape index (κ2) is 6.75. The summed E-state index contributed by atoms with van der Waals surface area (Å²) in [5.41, 5.74) is 0.858. The standard InChI is InChI=1S/C15H17N3O4/c1-10(11-3-5-12(22-2)6-4-11)16-14(19)9-18-8-7-13(17-18)15(20)21/h3-8,10H,9H2,1-2H3,(H,16,19)(H,20,21)/t10-/m1/s1. The van der Waals surface area contributed by atoms with Crippen LogP contribution in [0.5, 0.6) is 5.75 Å². The lowest BCUT2D eigenvalue weighted by atomic mass is 10.1. The zero-order valence-corrected chi connectivity index (χ0v) is 12.3. The first-order valence-corrected chi connectivity index (χ1v) is 6.69. The topological polar surface area (TPSA) is 93.5 Å². The van der Waals surface area contributed by atoms with Crippen LogP contribution in [0.4, 0.5) is 0 Å². The van der Waals surface area contributed by atoms with Gasteiger partial charge in [0.2, 0.25) is 5.91 Å². The van der Waals surface area contributed by atoms with Crippen LogP contribution < -0.4 is 10.1 Å². The van der Waals surface area contributed by atoms with E-state index in [-0.39, 0.29) is 24.2 Å². The van der Waals surface area contributed by atoms with Gasteiger partial charge >= 0.3 is 5.97 Å².